The molecule has 0 saturated heterocycles. The summed E-state index contributed by atoms with van der Waals surface area (Å²) in [5.41, 5.74) is -1.24. The van der Waals surface area contributed by atoms with E-state index in [1.807, 2.05) is 0 Å². The minimum Gasteiger partial charge on any atom is -0.467 e. The Morgan fingerprint density at radius 3 is 2.42 bits per heavy atom. The first kappa shape index (κ1) is 17.9. The van der Waals surface area contributed by atoms with E-state index in [4.69, 9.17) is 4.74 Å². The standard InChI is InChI=1S/C14H12F3N5O3S/c1-3-21(11-8(15)5-4-6-9(11)16)26(23,24)13-19-12-10(17)7-18-14(25-2)22(12)20-13/h4-7H,3H2,1-2H3. The molecule has 138 valence electrons. The summed E-state index contributed by atoms with van der Waals surface area (Å²) in [6, 6.07) is 2.72. The zero-order chi connectivity index (χ0) is 19.1. The summed E-state index contributed by atoms with van der Waals surface area (Å²) in [5, 5.41) is 2.82. The molecule has 1 aromatic carbocycles. The van der Waals surface area contributed by atoms with Gasteiger partial charge in [0.2, 0.25) is 0 Å². The molecule has 12 heteroatoms. The molecule has 0 unspecified atom stereocenters. The Balaban J connectivity index is 2.21. The van der Waals surface area contributed by atoms with E-state index in [1.54, 1.807) is 0 Å². The monoisotopic (exact) mass is 387 g/mol. The normalized spacial score (nSPS) is 11.7. The van der Waals surface area contributed by atoms with Gasteiger partial charge in [-0.15, -0.1) is 5.10 Å². The first-order valence-corrected chi connectivity index (χ1v) is 8.67. The molecule has 0 aliphatic rings. The average Bonchev–Trinajstić information content (AvgIpc) is 3.05. The van der Waals surface area contributed by atoms with Gasteiger partial charge in [-0.2, -0.15) is 17.9 Å². The van der Waals surface area contributed by atoms with E-state index in [0.717, 1.165) is 28.9 Å². The molecule has 0 saturated carbocycles. The Morgan fingerprint density at radius 2 is 1.85 bits per heavy atom. The fraction of sp³-hybridized carbons (Fsp3) is 0.214. The van der Waals surface area contributed by atoms with Crippen molar-refractivity contribution in [2.45, 2.75) is 12.1 Å². The largest absolute Gasteiger partial charge is 0.467 e. The minimum absolute atomic E-state index is 0.213. The highest BCUT2D eigenvalue weighted by molar-refractivity contribution is 7.92. The molecule has 3 rings (SSSR count). The predicted molar refractivity (Wildman–Crippen MR) is 83.9 cm³/mol. The number of halogens is 3. The van der Waals surface area contributed by atoms with Gasteiger partial charge in [-0.3, -0.25) is 4.31 Å². The van der Waals surface area contributed by atoms with Crippen molar-refractivity contribution < 1.29 is 26.3 Å². The van der Waals surface area contributed by atoms with E-state index in [2.05, 4.69) is 15.1 Å². The van der Waals surface area contributed by atoms with Gasteiger partial charge in [-0.05, 0) is 19.1 Å². The van der Waals surface area contributed by atoms with Crippen LogP contribution in [0.25, 0.3) is 5.65 Å². The maximum Gasteiger partial charge on any atom is 0.319 e. The number of hydrogen-bond donors (Lipinski definition) is 0. The molecule has 0 fully saturated rings. The van der Waals surface area contributed by atoms with Crippen molar-refractivity contribution in [1.29, 1.82) is 0 Å². The molecule has 2 heterocycles. The van der Waals surface area contributed by atoms with Crippen LogP contribution in [0.5, 0.6) is 6.01 Å². The van der Waals surface area contributed by atoms with Crippen LogP contribution in [0, 0.1) is 17.5 Å². The highest BCUT2D eigenvalue weighted by atomic mass is 32.2. The van der Waals surface area contributed by atoms with Gasteiger partial charge in [0.05, 0.1) is 13.3 Å². The SMILES string of the molecule is CCN(c1c(F)cccc1F)S(=O)(=O)c1nc2c(F)cnc(OC)n2n1. The summed E-state index contributed by atoms with van der Waals surface area (Å²) < 4.78 is 73.7. The molecule has 0 N–H and O–H groups in total. The van der Waals surface area contributed by atoms with Crippen LogP contribution in [0.15, 0.2) is 29.6 Å². The maximum atomic E-state index is 14.0. The van der Waals surface area contributed by atoms with Gasteiger partial charge in [0.15, 0.2) is 23.1 Å². The fourth-order valence-electron chi connectivity index (χ4n) is 2.33. The van der Waals surface area contributed by atoms with Crippen molar-refractivity contribution in [3.05, 3.63) is 41.8 Å². The van der Waals surface area contributed by atoms with Gasteiger partial charge in [0, 0.05) is 6.54 Å². The Kier molecular flexibility index (Phi) is 4.44. The Morgan fingerprint density at radius 1 is 1.19 bits per heavy atom. The predicted octanol–water partition coefficient (Wildman–Crippen LogP) is 1.77. The van der Waals surface area contributed by atoms with Crippen molar-refractivity contribution in [1.82, 2.24) is 19.6 Å². The topological polar surface area (TPSA) is 89.7 Å². The summed E-state index contributed by atoms with van der Waals surface area (Å²) in [5.74, 6) is -3.10. The molecule has 2 aromatic heterocycles. The number of benzene rings is 1. The zero-order valence-electron chi connectivity index (χ0n) is 13.5. The van der Waals surface area contributed by atoms with E-state index in [9.17, 15) is 21.6 Å². The lowest BCUT2D eigenvalue weighted by atomic mass is 10.3. The molecular formula is C14H12F3N5O3S. The van der Waals surface area contributed by atoms with E-state index < -0.39 is 44.0 Å². The van der Waals surface area contributed by atoms with Crippen LogP contribution in [-0.4, -0.2) is 41.7 Å². The molecule has 8 nitrogen and oxygen atoms in total. The van der Waals surface area contributed by atoms with Crippen molar-refractivity contribution in [2.75, 3.05) is 18.0 Å². The molecule has 0 aliphatic carbocycles. The maximum absolute atomic E-state index is 14.0. The molecule has 0 atom stereocenters. The summed E-state index contributed by atoms with van der Waals surface area (Å²) >= 11 is 0. The van der Waals surface area contributed by atoms with E-state index >= 15 is 0 Å². The molecule has 3 aromatic rings. The van der Waals surface area contributed by atoms with Gasteiger partial charge >= 0.3 is 16.0 Å². The van der Waals surface area contributed by atoms with Crippen molar-refractivity contribution in [2.24, 2.45) is 0 Å². The van der Waals surface area contributed by atoms with Crippen LogP contribution < -0.4 is 9.04 Å². The van der Waals surface area contributed by atoms with Crippen molar-refractivity contribution in [3.63, 3.8) is 0 Å². The van der Waals surface area contributed by atoms with Crippen LogP contribution in [0.4, 0.5) is 18.9 Å². The second-order valence-electron chi connectivity index (χ2n) is 4.96. The zero-order valence-corrected chi connectivity index (χ0v) is 14.3. The van der Waals surface area contributed by atoms with Gasteiger partial charge in [-0.25, -0.2) is 18.2 Å². The second-order valence-corrected chi connectivity index (χ2v) is 6.72. The molecule has 0 amide bonds. The highest BCUT2D eigenvalue weighted by Gasteiger charge is 2.33. The fourth-order valence-corrected chi connectivity index (χ4v) is 3.67. The number of nitrogens with zero attached hydrogens (tertiary/aromatic N) is 5. The van der Waals surface area contributed by atoms with Gasteiger partial charge < -0.3 is 4.74 Å². The lowest BCUT2D eigenvalue weighted by Gasteiger charge is -2.21. The van der Waals surface area contributed by atoms with Crippen molar-refractivity contribution in [3.8, 4) is 6.01 Å². The van der Waals surface area contributed by atoms with Crippen LogP contribution in [0.3, 0.4) is 0 Å². The van der Waals surface area contributed by atoms with Gasteiger partial charge in [0.1, 0.15) is 5.69 Å². The Hall–Kier alpha value is -2.89. The van der Waals surface area contributed by atoms with Crippen LogP contribution in [-0.2, 0) is 10.0 Å². The quantitative estimate of drug-likeness (QED) is 0.663. The Bertz CT molecular complexity index is 1070. The lowest BCUT2D eigenvalue weighted by molar-refractivity contribution is 0.363. The Labute approximate surface area is 145 Å². The second kappa shape index (κ2) is 6.44. The third-order valence-electron chi connectivity index (χ3n) is 3.45. The number of para-hydroxylation sites is 1. The summed E-state index contributed by atoms with van der Waals surface area (Å²) in [4.78, 5) is 7.24. The summed E-state index contributed by atoms with van der Waals surface area (Å²) in [7, 11) is -3.37. The number of sulfonamides is 1. The summed E-state index contributed by atoms with van der Waals surface area (Å²) in [6.45, 7) is 1.07. The number of anilines is 1. The molecule has 0 aliphatic heterocycles. The average molecular weight is 387 g/mol. The van der Waals surface area contributed by atoms with Gasteiger partial charge in [0.25, 0.3) is 5.16 Å². The smallest absolute Gasteiger partial charge is 0.319 e. The number of ether oxygens (including phenoxy) is 1. The molecular weight excluding hydrogens is 375 g/mol. The summed E-state index contributed by atoms with van der Waals surface area (Å²) in [6.07, 6.45) is 0.785. The third kappa shape index (κ3) is 2.71. The highest BCUT2D eigenvalue weighted by Crippen LogP contribution is 2.28. The van der Waals surface area contributed by atoms with Crippen LogP contribution >= 0.6 is 0 Å². The first-order valence-electron chi connectivity index (χ1n) is 7.23. The number of rotatable bonds is 5. The van der Waals surface area contributed by atoms with Crippen molar-refractivity contribution >= 4 is 21.4 Å². The molecule has 26 heavy (non-hydrogen) atoms. The number of fused-ring (bicyclic) bond motifs is 1. The lowest BCUT2D eigenvalue weighted by Crippen LogP contribution is -2.33. The molecule has 0 radical (unpaired) electrons. The number of aromatic nitrogens is 4. The van der Waals surface area contributed by atoms with E-state index in [-0.39, 0.29) is 12.6 Å². The first-order chi connectivity index (χ1) is 12.3. The molecule has 0 bridgehead atoms. The molecule has 0 spiro atoms. The third-order valence-corrected chi connectivity index (χ3v) is 5.10. The van der Waals surface area contributed by atoms with E-state index in [1.165, 1.54) is 14.0 Å². The minimum atomic E-state index is -4.59. The van der Waals surface area contributed by atoms with Crippen LogP contribution in [0.2, 0.25) is 0 Å². The number of hydrogen-bond acceptors (Lipinski definition) is 6. The van der Waals surface area contributed by atoms with Crippen LogP contribution in [0.1, 0.15) is 6.92 Å². The van der Waals surface area contributed by atoms with Gasteiger partial charge in [-0.1, -0.05) is 6.07 Å². The number of methoxy groups -OCH3 is 1. The van der Waals surface area contributed by atoms with E-state index in [0.29, 0.717) is 4.31 Å².